The second kappa shape index (κ2) is 8.03. The maximum Gasteiger partial charge on any atom is 0.314 e. The minimum Gasteiger partial charge on any atom is -0.493 e. The standard InChI is InChI=1S/C19H22N4O4/c1-12-8-13(2)23(22-12)11-18(24)21-20-10-14-4-7-16(17(9-14)26-3)27-19(25)15-5-6-15/h4,7-10,15H,5-6,11H2,1-3H3,(H,21,24). The molecule has 1 fully saturated rings. The Balaban J connectivity index is 1.58. The summed E-state index contributed by atoms with van der Waals surface area (Å²) in [7, 11) is 1.50. The van der Waals surface area contributed by atoms with Crippen molar-refractivity contribution in [2.75, 3.05) is 7.11 Å². The van der Waals surface area contributed by atoms with Crippen LogP contribution >= 0.6 is 0 Å². The Morgan fingerprint density at radius 3 is 2.70 bits per heavy atom. The van der Waals surface area contributed by atoms with E-state index in [4.69, 9.17) is 9.47 Å². The number of hydrazone groups is 1. The predicted octanol–water partition coefficient (Wildman–Crippen LogP) is 1.97. The van der Waals surface area contributed by atoms with Crippen molar-refractivity contribution >= 4 is 18.1 Å². The van der Waals surface area contributed by atoms with Gasteiger partial charge in [0.15, 0.2) is 11.5 Å². The minimum absolute atomic E-state index is 0.00775. The summed E-state index contributed by atoms with van der Waals surface area (Å²) in [5.41, 5.74) is 4.94. The third kappa shape index (κ3) is 4.93. The minimum atomic E-state index is -0.278. The van der Waals surface area contributed by atoms with Crippen LogP contribution in [0.15, 0.2) is 29.4 Å². The highest BCUT2D eigenvalue weighted by molar-refractivity contribution is 5.84. The molecule has 0 atom stereocenters. The van der Waals surface area contributed by atoms with Gasteiger partial charge in [-0.2, -0.15) is 10.2 Å². The van der Waals surface area contributed by atoms with Gasteiger partial charge in [-0.1, -0.05) is 0 Å². The number of aryl methyl sites for hydroxylation is 2. The summed E-state index contributed by atoms with van der Waals surface area (Å²) in [5.74, 6) is 0.306. The Morgan fingerprint density at radius 2 is 2.07 bits per heavy atom. The van der Waals surface area contributed by atoms with Gasteiger partial charge in [-0.05, 0) is 56.5 Å². The number of carbonyl (C=O) groups excluding carboxylic acids is 2. The Bertz CT molecular complexity index is 884. The predicted molar refractivity (Wildman–Crippen MR) is 98.8 cm³/mol. The quantitative estimate of drug-likeness (QED) is 0.348. The molecule has 1 aliphatic carbocycles. The zero-order valence-electron chi connectivity index (χ0n) is 15.6. The van der Waals surface area contributed by atoms with Gasteiger partial charge in [-0.25, -0.2) is 5.43 Å². The van der Waals surface area contributed by atoms with Crippen LogP contribution in [0.1, 0.15) is 29.8 Å². The van der Waals surface area contributed by atoms with Gasteiger partial charge in [0.2, 0.25) is 0 Å². The highest BCUT2D eigenvalue weighted by Crippen LogP contribution is 2.34. The van der Waals surface area contributed by atoms with E-state index >= 15 is 0 Å². The van der Waals surface area contributed by atoms with Gasteiger partial charge in [0.25, 0.3) is 5.91 Å². The van der Waals surface area contributed by atoms with E-state index < -0.39 is 0 Å². The first-order chi connectivity index (χ1) is 13.0. The number of nitrogens with one attached hydrogen (secondary N) is 1. The first-order valence-electron chi connectivity index (χ1n) is 8.69. The van der Waals surface area contributed by atoms with E-state index in [0.29, 0.717) is 17.1 Å². The van der Waals surface area contributed by atoms with E-state index in [1.165, 1.54) is 13.3 Å². The molecule has 0 spiro atoms. The van der Waals surface area contributed by atoms with Gasteiger partial charge in [0, 0.05) is 5.69 Å². The second-order valence-electron chi connectivity index (χ2n) is 6.48. The van der Waals surface area contributed by atoms with Crippen molar-refractivity contribution in [3.8, 4) is 11.5 Å². The second-order valence-corrected chi connectivity index (χ2v) is 6.48. The third-order valence-electron chi connectivity index (χ3n) is 4.11. The number of rotatable bonds is 7. The van der Waals surface area contributed by atoms with Crippen molar-refractivity contribution < 1.29 is 19.1 Å². The summed E-state index contributed by atoms with van der Waals surface area (Å²) < 4.78 is 12.2. The Labute approximate surface area is 157 Å². The number of hydrogen-bond donors (Lipinski definition) is 1. The SMILES string of the molecule is COc1cc(C=NNC(=O)Cn2nc(C)cc2C)ccc1OC(=O)C1CC1. The van der Waals surface area contributed by atoms with Crippen LogP contribution in [0.4, 0.5) is 0 Å². The summed E-state index contributed by atoms with van der Waals surface area (Å²) in [4.78, 5) is 23.8. The van der Waals surface area contributed by atoms with Crippen LogP contribution in [0.2, 0.25) is 0 Å². The lowest BCUT2D eigenvalue weighted by Crippen LogP contribution is -2.24. The number of hydrogen-bond acceptors (Lipinski definition) is 6. The fraction of sp³-hybridized carbons (Fsp3) is 0.368. The molecule has 0 aliphatic heterocycles. The molecule has 27 heavy (non-hydrogen) atoms. The highest BCUT2D eigenvalue weighted by atomic mass is 16.6. The van der Waals surface area contributed by atoms with Crippen LogP contribution in [-0.2, 0) is 16.1 Å². The van der Waals surface area contributed by atoms with Gasteiger partial charge in [0.1, 0.15) is 6.54 Å². The van der Waals surface area contributed by atoms with Crippen LogP contribution in [-0.4, -0.2) is 35.0 Å². The molecular weight excluding hydrogens is 348 g/mol. The Morgan fingerprint density at radius 1 is 1.30 bits per heavy atom. The lowest BCUT2D eigenvalue weighted by Gasteiger charge is -2.09. The molecule has 1 aromatic carbocycles. The molecule has 142 valence electrons. The summed E-state index contributed by atoms with van der Waals surface area (Å²) in [6, 6.07) is 6.97. The largest absolute Gasteiger partial charge is 0.493 e. The molecule has 1 aliphatic rings. The van der Waals surface area contributed by atoms with Gasteiger partial charge in [-0.3, -0.25) is 14.3 Å². The van der Waals surface area contributed by atoms with Crippen LogP contribution < -0.4 is 14.9 Å². The average Bonchev–Trinajstić information content (AvgIpc) is 3.42. The van der Waals surface area contributed by atoms with Crippen molar-refractivity contribution in [1.29, 1.82) is 0 Å². The van der Waals surface area contributed by atoms with Crippen LogP contribution in [0.3, 0.4) is 0 Å². The molecule has 1 heterocycles. The molecule has 0 bridgehead atoms. The van der Waals surface area contributed by atoms with Crippen molar-refractivity contribution in [2.24, 2.45) is 11.0 Å². The summed E-state index contributed by atoms with van der Waals surface area (Å²) in [6.07, 6.45) is 3.25. The monoisotopic (exact) mass is 370 g/mol. The molecule has 3 rings (SSSR count). The lowest BCUT2D eigenvalue weighted by atomic mass is 10.2. The molecule has 1 saturated carbocycles. The van der Waals surface area contributed by atoms with Crippen molar-refractivity contribution in [3.63, 3.8) is 0 Å². The molecule has 1 amide bonds. The van der Waals surface area contributed by atoms with Crippen LogP contribution in [0.25, 0.3) is 0 Å². The molecule has 0 radical (unpaired) electrons. The molecule has 1 aromatic heterocycles. The van der Waals surface area contributed by atoms with Gasteiger partial charge in [0.05, 0.1) is 24.9 Å². The van der Waals surface area contributed by atoms with Crippen LogP contribution in [0, 0.1) is 19.8 Å². The fourth-order valence-corrected chi connectivity index (χ4v) is 2.54. The molecule has 0 unspecified atom stereocenters. The maximum atomic E-state index is 12.0. The molecule has 8 nitrogen and oxygen atoms in total. The van der Waals surface area contributed by atoms with E-state index in [-0.39, 0.29) is 24.3 Å². The smallest absolute Gasteiger partial charge is 0.314 e. The van der Waals surface area contributed by atoms with Gasteiger partial charge < -0.3 is 9.47 Å². The van der Waals surface area contributed by atoms with Gasteiger partial charge >= 0.3 is 5.97 Å². The molecule has 1 N–H and O–H groups in total. The number of aromatic nitrogens is 2. The highest BCUT2D eigenvalue weighted by Gasteiger charge is 2.32. The number of ether oxygens (including phenoxy) is 2. The van der Waals surface area contributed by atoms with Crippen molar-refractivity contribution in [2.45, 2.75) is 33.2 Å². The summed E-state index contributed by atoms with van der Waals surface area (Å²) >= 11 is 0. The fourth-order valence-electron chi connectivity index (χ4n) is 2.54. The van der Waals surface area contributed by atoms with E-state index in [1.807, 2.05) is 19.9 Å². The molecule has 0 saturated heterocycles. The first kappa shape index (κ1) is 18.6. The Kier molecular flexibility index (Phi) is 5.54. The van der Waals surface area contributed by atoms with E-state index in [1.54, 1.807) is 22.9 Å². The zero-order valence-corrected chi connectivity index (χ0v) is 15.6. The number of benzene rings is 1. The summed E-state index contributed by atoms with van der Waals surface area (Å²) in [5, 5.41) is 8.18. The van der Waals surface area contributed by atoms with E-state index in [9.17, 15) is 9.59 Å². The number of esters is 1. The maximum absolute atomic E-state index is 12.0. The van der Waals surface area contributed by atoms with Crippen molar-refractivity contribution in [1.82, 2.24) is 15.2 Å². The number of amides is 1. The average molecular weight is 370 g/mol. The number of methoxy groups -OCH3 is 1. The molecular formula is C19H22N4O4. The van der Waals surface area contributed by atoms with Crippen LogP contribution in [0.5, 0.6) is 11.5 Å². The van der Waals surface area contributed by atoms with E-state index in [2.05, 4.69) is 15.6 Å². The number of nitrogens with zero attached hydrogens (tertiary/aromatic N) is 3. The normalized spacial score (nSPS) is 13.6. The van der Waals surface area contributed by atoms with Gasteiger partial charge in [-0.15, -0.1) is 0 Å². The lowest BCUT2D eigenvalue weighted by molar-refractivity contribution is -0.135. The summed E-state index contributed by atoms with van der Waals surface area (Å²) in [6.45, 7) is 3.86. The van der Waals surface area contributed by atoms with E-state index in [0.717, 1.165) is 24.2 Å². The zero-order chi connectivity index (χ0) is 19.4. The topological polar surface area (TPSA) is 94.8 Å². The Hall–Kier alpha value is -3.16. The third-order valence-corrected chi connectivity index (χ3v) is 4.11. The molecule has 2 aromatic rings. The van der Waals surface area contributed by atoms with Crippen molar-refractivity contribution in [3.05, 3.63) is 41.2 Å². The first-order valence-corrected chi connectivity index (χ1v) is 8.69. The number of carbonyl (C=O) groups is 2. The molecule has 8 heteroatoms.